The van der Waals surface area contributed by atoms with Gasteiger partial charge in [0.2, 0.25) is 11.8 Å². The fourth-order valence-electron chi connectivity index (χ4n) is 2.36. The summed E-state index contributed by atoms with van der Waals surface area (Å²) < 4.78 is 26.4. The maximum Gasteiger partial charge on any atom is 0.250 e. The molecule has 2 amide bonds. The Hall–Kier alpha value is -1.98. The van der Waals surface area contributed by atoms with Gasteiger partial charge in [-0.1, -0.05) is 13.8 Å². The van der Waals surface area contributed by atoms with Gasteiger partial charge < -0.3 is 5.32 Å². The number of carbonyl (C=O) groups is 2. The highest BCUT2D eigenvalue weighted by atomic mass is 19.2. The molecular weight excluding hydrogens is 266 g/mol. The second-order valence-electron chi connectivity index (χ2n) is 4.70. The molecule has 0 aliphatic carbocycles. The summed E-state index contributed by atoms with van der Waals surface area (Å²) in [6.07, 6.45) is 0.841. The molecule has 2 rings (SSSR count). The zero-order valence-corrected chi connectivity index (χ0v) is 11.3. The Bertz CT molecular complexity index is 548. The van der Waals surface area contributed by atoms with Crippen LogP contribution < -0.4 is 10.2 Å². The minimum Gasteiger partial charge on any atom is -0.342 e. The summed E-state index contributed by atoms with van der Waals surface area (Å²) in [7, 11) is 0. The Labute approximate surface area is 115 Å². The van der Waals surface area contributed by atoms with E-state index < -0.39 is 23.7 Å². The number of nitrogens with one attached hydrogen (secondary N) is 1. The Morgan fingerprint density at radius 3 is 2.40 bits per heavy atom. The number of halogens is 2. The van der Waals surface area contributed by atoms with Crippen LogP contribution in [0.5, 0.6) is 0 Å². The van der Waals surface area contributed by atoms with Crippen molar-refractivity contribution in [1.29, 1.82) is 0 Å². The van der Waals surface area contributed by atoms with E-state index in [1.54, 1.807) is 13.8 Å². The normalized spacial score (nSPS) is 22.9. The van der Waals surface area contributed by atoms with Crippen LogP contribution in [0.3, 0.4) is 0 Å². The van der Waals surface area contributed by atoms with Crippen LogP contribution in [-0.4, -0.2) is 23.9 Å². The summed E-state index contributed by atoms with van der Waals surface area (Å²) in [5, 5.41) is 2.64. The number of hydrogen-bond donors (Lipinski definition) is 1. The molecule has 0 radical (unpaired) electrons. The maximum absolute atomic E-state index is 13.4. The Morgan fingerprint density at radius 2 is 1.85 bits per heavy atom. The van der Waals surface area contributed by atoms with Gasteiger partial charge in [0.05, 0.1) is 0 Å². The van der Waals surface area contributed by atoms with Crippen molar-refractivity contribution in [2.24, 2.45) is 0 Å². The Balaban J connectivity index is 2.44. The third-order valence-corrected chi connectivity index (χ3v) is 3.44. The summed E-state index contributed by atoms with van der Waals surface area (Å²) in [6, 6.07) is 1.89. The lowest BCUT2D eigenvalue weighted by atomic mass is 10.0. The lowest BCUT2D eigenvalue weighted by molar-refractivity contribution is -0.134. The lowest BCUT2D eigenvalue weighted by Gasteiger charge is -2.38. The van der Waals surface area contributed by atoms with Gasteiger partial charge in [0.1, 0.15) is 12.1 Å². The second kappa shape index (κ2) is 5.56. The number of amides is 2. The van der Waals surface area contributed by atoms with E-state index in [-0.39, 0.29) is 17.5 Å². The topological polar surface area (TPSA) is 49.4 Å². The second-order valence-corrected chi connectivity index (χ2v) is 4.70. The third kappa shape index (κ3) is 2.37. The van der Waals surface area contributed by atoms with Crippen molar-refractivity contribution in [3.63, 3.8) is 0 Å². The van der Waals surface area contributed by atoms with Crippen molar-refractivity contribution < 1.29 is 18.4 Å². The first-order chi connectivity index (χ1) is 9.49. The van der Waals surface area contributed by atoms with E-state index in [0.29, 0.717) is 12.8 Å². The first-order valence-electron chi connectivity index (χ1n) is 6.58. The van der Waals surface area contributed by atoms with Gasteiger partial charge in [-0.15, -0.1) is 0 Å². The largest absolute Gasteiger partial charge is 0.342 e. The molecule has 1 aromatic rings. The van der Waals surface area contributed by atoms with Crippen molar-refractivity contribution in [2.75, 3.05) is 4.90 Å². The van der Waals surface area contributed by atoms with Gasteiger partial charge in [0.25, 0.3) is 0 Å². The summed E-state index contributed by atoms with van der Waals surface area (Å²) in [4.78, 5) is 25.6. The predicted octanol–water partition coefficient (Wildman–Crippen LogP) is 1.98. The van der Waals surface area contributed by atoms with Gasteiger partial charge in [-0.3, -0.25) is 14.5 Å². The molecule has 2 unspecified atom stereocenters. The molecule has 1 aliphatic rings. The average Bonchev–Trinajstić information content (AvgIpc) is 2.43. The van der Waals surface area contributed by atoms with Crippen LogP contribution in [0.25, 0.3) is 0 Å². The molecule has 0 saturated carbocycles. The highest BCUT2D eigenvalue weighted by molar-refractivity contribution is 6.08. The van der Waals surface area contributed by atoms with Crippen molar-refractivity contribution in [1.82, 2.24) is 5.32 Å². The summed E-state index contributed by atoms with van der Waals surface area (Å²) in [5.74, 6) is -2.60. The highest BCUT2D eigenvalue weighted by Crippen LogP contribution is 2.25. The van der Waals surface area contributed by atoms with Gasteiger partial charge in [0, 0.05) is 11.8 Å². The zero-order chi connectivity index (χ0) is 14.9. The van der Waals surface area contributed by atoms with E-state index in [9.17, 15) is 18.4 Å². The number of piperazine rings is 1. The number of anilines is 1. The van der Waals surface area contributed by atoms with Gasteiger partial charge in [0.15, 0.2) is 11.6 Å². The van der Waals surface area contributed by atoms with E-state index in [1.165, 1.54) is 11.0 Å². The predicted molar refractivity (Wildman–Crippen MR) is 70.1 cm³/mol. The van der Waals surface area contributed by atoms with Crippen molar-refractivity contribution in [3.8, 4) is 0 Å². The molecule has 4 nitrogen and oxygen atoms in total. The van der Waals surface area contributed by atoms with E-state index in [2.05, 4.69) is 5.32 Å². The molecule has 20 heavy (non-hydrogen) atoms. The number of benzene rings is 1. The van der Waals surface area contributed by atoms with Crippen LogP contribution in [0.1, 0.15) is 26.7 Å². The van der Waals surface area contributed by atoms with E-state index in [1.807, 2.05) is 0 Å². The minimum atomic E-state index is -1.04. The number of carbonyl (C=O) groups excluding carboxylic acids is 2. The molecule has 1 heterocycles. The quantitative estimate of drug-likeness (QED) is 0.921. The molecule has 108 valence electrons. The van der Waals surface area contributed by atoms with E-state index in [0.717, 1.165) is 12.1 Å². The first-order valence-corrected chi connectivity index (χ1v) is 6.58. The van der Waals surface area contributed by atoms with Gasteiger partial charge in [-0.25, -0.2) is 8.78 Å². The summed E-state index contributed by atoms with van der Waals surface area (Å²) in [5.41, 5.74) is 0.203. The molecule has 1 aliphatic heterocycles. The Kier molecular flexibility index (Phi) is 4.01. The average molecular weight is 282 g/mol. The fourth-order valence-corrected chi connectivity index (χ4v) is 2.36. The summed E-state index contributed by atoms with van der Waals surface area (Å²) in [6.45, 7) is 3.54. The minimum absolute atomic E-state index is 0.203. The number of hydrogen-bond acceptors (Lipinski definition) is 2. The molecular formula is C14H16F2N2O2. The highest BCUT2D eigenvalue weighted by Gasteiger charge is 2.39. The van der Waals surface area contributed by atoms with E-state index in [4.69, 9.17) is 0 Å². The molecule has 6 heteroatoms. The van der Waals surface area contributed by atoms with Gasteiger partial charge in [-0.2, -0.15) is 0 Å². The van der Waals surface area contributed by atoms with Crippen LogP contribution in [0.15, 0.2) is 18.2 Å². The third-order valence-electron chi connectivity index (χ3n) is 3.44. The summed E-state index contributed by atoms with van der Waals surface area (Å²) >= 11 is 0. The Morgan fingerprint density at radius 1 is 1.15 bits per heavy atom. The monoisotopic (exact) mass is 282 g/mol. The molecule has 1 fully saturated rings. The number of nitrogens with zero attached hydrogens (tertiary/aromatic N) is 1. The van der Waals surface area contributed by atoms with Crippen molar-refractivity contribution in [3.05, 3.63) is 29.8 Å². The zero-order valence-electron chi connectivity index (χ0n) is 11.3. The molecule has 1 saturated heterocycles. The molecule has 1 N–H and O–H groups in total. The van der Waals surface area contributed by atoms with Crippen LogP contribution in [-0.2, 0) is 9.59 Å². The maximum atomic E-state index is 13.4. The SMILES string of the molecule is CCC1NC(=O)C(CC)N(c2ccc(F)c(F)c2)C1=O. The van der Waals surface area contributed by atoms with Crippen LogP contribution >= 0.6 is 0 Å². The van der Waals surface area contributed by atoms with Gasteiger partial charge in [-0.05, 0) is 25.0 Å². The smallest absolute Gasteiger partial charge is 0.250 e. The molecule has 0 spiro atoms. The van der Waals surface area contributed by atoms with Gasteiger partial charge >= 0.3 is 0 Å². The fraction of sp³-hybridized carbons (Fsp3) is 0.429. The van der Waals surface area contributed by atoms with Crippen LogP contribution in [0.4, 0.5) is 14.5 Å². The number of rotatable bonds is 3. The van der Waals surface area contributed by atoms with Crippen LogP contribution in [0, 0.1) is 11.6 Å². The molecule has 1 aromatic carbocycles. The van der Waals surface area contributed by atoms with Crippen molar-refractivity contribution >= 4 is 17.5 Å². The molecule has 0 aromatic heterocycles. The first kappa shape index (κ1) is 14.4. The lowest BCUT2D eigenvalue weighted by Crippen LogP contribution is -2.63. The molecule has 2 atom stereocenters. The van der Waals surface area contributed by atoms with Crippen LogP contribution in [0.2, 0.25) is 0 Å². The van der Waals surface area contributed by atoms with Crippen molar-refractivity contribution in [2.45, 2.75) is 38.8 Å². The standard InChI is InChI=1S/C14H16F2N2O2/c1-3-11-14(20)18(12(4-2)13(19)17-11)8-5-6-9(15)10(16)7-8/h5-7,11-12H,3-4H2,1-2H3,(H,17,19). The van der Waals surface area contributed by atoms with E-state index >= 15 is 0 Å². The molecule has 0 bridgehead atoms.